The predicted octanol–water partition coefficient (Wildman–Crippen LogP) is 3.80. The minimum absolute atomic E-state index is 0.152. The summed E-state index contributed by atoms with van der Waals surface area (Å²) < 4.78 is 28.8. The fraction of sp³-hybridized carbons (Fsp3) is 0.333. The van der Waals surface area contributed by atoms with E-state index < -0.39 is 6.61 Å². The molecule has 0 atom stereocenters. The zero-order valence-corrected chi connectivity index (χ0v) is 16.5. The van der Waals surface area contributed by atoms with E-state index in [4.69, 9.17) is 0 Å². The van der Waals surface area contributed by atoms with Crippen LogP contribution >= 0.6 is 0 Å². The van der Waals surface area contributed by atoms with E-state index in [9.17, 15) is 8.78 Å². The van der Waals surface area contributed by atoms with Gasteiger partial charge in [0.25, 0.3) is 0 Å². The molecular formula is C21H25F2N5O. The fourth-order valence-corrected chi connectivity index (χ4v) is 3.09. The maximum atomic E-state index is 12.2. The molecule has 8 heteroatoms. The van der Waals surface area contributed by atoms with Crippen LogP contribution in [0, 0.1) is 0 Å². The third kappa shape index (κ3) is 5.91. The molecule has 0 aliphatic rings. The first-order valence-corrected chi connectivity index (χ1v) is 9.44. The standard InChI is InChI=1S/C21H25F2N5O/c1-24-21(28(2)14-15-9-11-16(12-10-15)29-20(22)23)25-13-5-8-19-26-17-6-3-4-7-18(17)27-19/h3-4,6-7,9-12,20H,5,8,13-14H2,1-2H3,(H,24,25)(H,26,27). The first-order chi connectivity index (χ1) is 14.0. The number of rotatable bonds is 8. The number of benzene rings is 2. The number of fused-ring (bicyclic) bond motifs is 1. The van der Waals surface area contributed by atoms with Crippen LogP contribution in [0.1, 0.15) is 17.8 Å². The summed E-state index contributed by atoms with van der Waals surface area (Å²) in [6, 6.07) is 14.6. The van der Waals surface area contributed by atoms with Crippen LogP contribution in [0.4, 0.5) is 8.78 Å². The van der Waals surface area contributed by atoms with E-state index in [0.29, 0.717) is 6.54 Å². The van der Waals surface area contributed by atoms with E-state index in [2.05, 4.69) is 25.0 Å². The maximum Gasteiger partial charge on any atom is 0.387 e. The number of hydrogen-bond donors (Lipinski definition) is 2. The average Bonchev–Trinajstić information content (AvgIpc) is 3.12. The number of halogens is 2. The molecule has 0 unspecified atom stereocenters. The highest BCUT2D eigenvalue weighted by Gasteiger charge is 2.08. The normalized spacial score (nSPS) is 11.8. The van der Waals surface area contributed by atoms with Gasteiger partial charge in [-0.05, 0) is 36.2 Å². The lowest BCUT2D eigenvalue weighted by Gasteiger charge is -2.22. The minimum Gasteiger partial charge on any atom is -0.435 e. The molecular weight excluding hydrogens is 376 g/mol. The second-order valence-electron chi connectivity index (χ2n) is 6.66. The van der Waals surface area contributed by atoms with Gasteiger partial charge in [-0.2, -0.15) is 8.78 Å². The highest BCUT2D eigenvalue weighted by molar-refractivity contribution is 5.79. The Hall–Kier alpha value is -3.16. The molecule has 0 saturated carbocycles. The second kappa shape index (κ2) is 9.86. The van der Waals surface area contributed by atoms with Crippen molar-refractivity contribution in [1.82, 2.24) is 20.2 Å². The average molecular weight is 401 g/mol. The van der Waals surface area contributed by atoms with Crippen LogP contribution in [0.15, 0.2) is 53.5 Å². The number of guanidine groups is 1. The van der Waals surface area contributed by atoms with Gasteiger partial charge in [-0.3, -0.25) is 4.99 Å². The lowest BCUT2D eigenvalue weighted by Crippen LogP contribution is -2.39. The van der Waals surface area contributed by atoms with Crippen molar-refractivity contribution in [2.45, 2.75) is 26.0 Å². The Morgan fingerprint density at radius 2 is 1.97 bits per heavy atom. The number of nitrogens with one attached hydrogen (secondary N) is 2. The van der Waals surface area contributed by atoms with Gasteiger partial charge < -0.3 is 19.9 Å². The third-order valence-electron chi connectivity index (χ3n) is 4.45. The number of hydrogen-bond acceptors (Lipinski definition) is 3. The van der Waals surface area contributed by atoms with E-state index >= 15 is 0 Å². The lowest BCUT2D eigenvalue weighted by molar-refractivity contribution is -0.0498. The molecule has 6 nitrogen and oxygen atoms in total. The Labute approximate surface area is 168 Å². The second-order valence-corrected chi connectivity index (χ2v) is 6.66. The first kappa shape index (κ1) is 20.6. The van der Waals surface area contributed by atoms with Gasteiger partial charge in [-0.1, -0.05) is 24.3 Å². The van der Waals surface area contributed by atoms with Crippen molar-refractivity contribution in [2.75, 3.05) is 20.6 Å². The fourth-order valence-electron chi connectivity index (χ4n) is 3.09. The van der Waals surface area contributed by atoms with Crippen molar-refractivity contribution in [1.29, 1.82) is 0 Å². The number of aryl methyl sites for hydroxylation is 1. The number of nitrogens with zero attached hydrogens (tertiary/aromatic N) is 3. The Balaban J connectivity index is 1.45. The van der Waals surface area contributed by atoms with Gasteiger partial charge in [0.15, 0.2) is 5.96 Å². The van der Waals surface area contributed by atoms with E-state index in [1.54, 1.807) is 31.3 Å². The molecule has 0 bridgehead atoms. The molecule has 2 N–H and O–H groups in total. The summed E-state index contributed by atoms with van der Waals surface area (Å²) in [5, 5.41) is 3.34. The van der Waals surface area contributed by atoms with Crippen molar-refractivity contribution >= 4 is 17.0 Å². The van der Waals surface area contributed by atoms with Gasteiger partial charge >= 0.3 is 6.61 Å². The number of H-pyrrole nitrogens is 1. The van der Waals surface area contributed by atoms with Crippen LogP contribution < -0.4 is 10.1 Å². The first-order valence-electron chi connectivity index (χ1n) is 9.44. The zero-order valence-electron chi connectivity index (χ0n) is 16.5. The smallest absolute Gasteiger partial charge is 0.387 e. The van der Waals surface area contributed by atoms with Gasteiger partial charge in [0.05, 0.1) is 11.0 Å². The van der Waals surface area contributed by atoms with Gasteiger partial charge in [0, 0.05) is 33.6 Å². The topological polar surface area (TPSA) is 65.5 Å². The highest BCUT2D eigenvalue weighted by Crippen LogP contribution is 2.16. The number of aliphatic imine (C=N–C) groups is 1. The summed E-state index contributed by atoms with van der Waals surface area (Å²) in [5.41, 5.74) is 3.01. The monoisotopic (exact) mass is 401 g/mol. The molecule has 29 heavy (non-hydrogen) atoms. The van der Waals surface area contributed by atoms with E-state index in [1.807, 2.05) is 36.2 Å². The van der Waals surface area contributed by atoms with Gasteiger partial charge in [0.1, 0.15) is 11.6 Å². The number of aromatic amines is 1. The maximum absolute atomic E-state index is 12.2. The molecule has 154 valence electrons. The number of imidazole rings is 1. The molecule has 0 radical (unpaired) electrons. The van der Waals surface area contributed by atoms with Crippen LogP contribution in [0.5, 0.6) is 5.75 Å². The van der Waals surface area contributed by atoms with E-state index in [0.717, 1.165) is 47.8 Å². The molecule has 0 amide bonds. The van der Waals surface area contributed by atoms with Crippen molar-refractivity contribution in [3.8, 4) is 5.75 Å². The van der Waals surface area contributed by atoms with Crippen LogP contribution in [-0.4, -0.2) is 48.1 Å². The highest BCUT2D eigenvalue weighted by atomic mass is 19.3. The lowest BCUT2D eigenvalue weighted by atomic mass is 10.2. The van der Waals surface area contributed by atoms with Gasteiger partial charge in [-0.25, -0.2) is 4.98 Å². The summed E-state index contributed by atoms with van der Waals surface area (Å²) in [7, 11) is 3.66. The van der Waals surface area contributed by atoms with Crippen LogP contribution in [0.25, 0.3) is 11.0 Å². The summed E-state index contributed by atoms with van der Waals surface area (Å²) in [6.45, 7) is -1.46. The molecule has 0 spiro atoms. The molecule has 0 saturated heterocycles. The van der Waals surface area contributed by atoms with Gasteiger partial charge in [0.2, 0.25) is 0 Å². The quantitative estimate of drug-likeness (QED) is 0.342. The number of ether oxygens (including phenoxy) is 1. The third-order valence-corrected chi connectivity index (χ3v) is 4.45. The molecule has 1 heterocycles. The Morgan fingerprint density at radius 1 is 1.21 bits per heavy atom. The van der Waals surface area contributed by atoms with Crippen LogP contribution in [0.3, 0.4) is 0 Å². The number of aromatic nitrogens is 2. The molecule has 1 aromatic heterocycles. The Bertz CT molecular complexity index is 907. The molecule has 0 aliphatic carbocycles. The van der Waals surface area contributed by atoms with Crippen LogP contribution in [-0.2, 0) is 13.0 Å². The molecule has 0 aliphatic heterocycles. The molecule has 2 aromatic carbocycles. The van der Waals surface area contributed by atoms with Crippen molar-refractivity contribution in [2.24, 2.45) is 4.99 Å². The largest absolute Gasteiger partial charge is 0.435 e. The number of alkyl halides is 2. The molecule has 3 rings (SSSR count). The molecule has 3 aromatic rings. The zero-order chi connectivity index (χ0) is 20.6. The summed E-state index contributed by atoms with van der Waals surface area (Å²) in [4.78, 5) is 14.2. The number of para-hydroxylation sites is 2. The molecule has 0 fully saturated rings. The summed E-state index contributed by atoms with van der Waals surface area (Å²) in [6.07, 6.45) is 1.75. The SMILES string of the molecule is CN=C(NCCCc1nc2ccccc2[nH]1)N(C)Cc1ccc(OC(F)F)cc1. The predicted molar refractivity (Wildman–Crippen MR) is 110 cm³/mol. The van der Waals surface area contributed by atoms with Gasteiger partial charge in [-0.15, -0.1) is 0 Å². The van der Waals surface area contributed by atoms with Crippen molar-refractivity contribution in [3.05, 3.63) is 59.9 Å². The Morgan fingerprint density at radius 3 is 2.66 bits per heavy atom. The summed E-state index contributed by atoms with van der Waals surface area (Å²) >= 11 is 0. The Kier molecular flexibility index (Phi) is 6.99. The van der Waals surface area contributed by atoms with Crippen molar-refractivity contribution < 1.29 is 13.5 Å². The minimum atomic E-state index is -2.81. The summed E-state index contributed by atoms with van der Waals surface area (Å²) in [5.74, 6) is 1.89. The van der Waals surface area contributed by atoms with E-state index in [1.165, 1.54) is 0 Å². The van der Waals surface area contributed by atoms with Crippen molar-refractivity contribution in [3.63, 3.8) is 0 Å². The van der Waals surface area contributed by atoms with Crippen LogP contribution in [0.2, 0.25) is 0 Å². The van der Waals surface area contributed by atoms with E-state index in [-0.39, 0.29) is 5.75 Å².